The summed E-state index contributed by atoms with van der Waals surface area (Å²) in [6.07, 6.45) is 3.77. The molecule has 18 heavy (non-hydrogen) atoms. The van der Waals surface area contributed by atoms with Gasteiger partial charge in [0.15, 0.2) is 0 Å². The minimum Gasteiger partial charge on any atom is -0.324 e. The molecular weight excluding hydrogens is 218 g/mol. The van der Waals surface area contributed by atoms with Crippen LogP contribution >= 0.6 is 0 Å². The van der Waals surface area contributed by atoms with Gasteiger partial charge in [-0.1, -0.05) is 42.5 Å². The molecule has 1 aliphatic carbocycles. The largest absolute Gasteiger partial charge is 0.324 e. The average Bonchev–Trinajstić information content (AvgIpc) is 2.85. The minimum atomic E-state index is 0.0782. The van der Waals surface area contributed by atoms with Crippen molar-refractivity contribution in [1.82, 2.24) is 0 Å². The number of aryl methyl sites for hydroxylation is 2. The van der Waals surface area contributed by atoms with E-state index in [0.29, 0.717) is 0 Å². The second kappa shape index (κ2) is 4.58. The lowest BCUT2D eigenvalue weighted by Crippen LogP contribution is -2.06. The third-order valence-electron chi connectivity index (χ3n) is 3.86. The Bertz CT molecular complexity index is 570. The van der Waals surface area contributed by atoms with Crippen molar-refractivity contribution in [2.24, 2.45) is 5.73 Å². The van der Waals surface area contributed by atoms with Gasteiger partial charge in [-0.2, -0.15) is 0 Å². The van der Waals surface area contributed by atoms with E-state index in [2.05, 4.69) is 42.5 Å². The van der Waals surface area contributed by atoms with Crippen LogP contribution in [0, 0.1) is 0 Å². The van der Waals surface area contributed by atoms with Gasteiger partial charge in [0, 0.05) is 6.04 Å². The van der Waals surface area contributed by atoms with Gasteiger partial charge in [-0.3, -0.25) is 0 Å². The van der Waals surface area contributed by atoms with Crippen molar-refractivity contribution in [3.05, 3.63) is 59.2 Å². The lowest BCUT2D eigenvalue weighted by Gasteiger charge is -2.13. The molecule has 3 rings (SSSR count). The maximum Gasteiger partial charge on any atom is 0.0272 e. The highest BCUT2D eigenvalue weighted by molar-refractivity contribution is 5.69. The minimum absolute atomic E-state index is 0.0782. The molecule has 1 aliphatic rings. The Labute approximate surface area is 109 Å². The van der Waals surface area contributed by atoms with E-state index >= 15 is 0 Å². The molecule has 92 valence electrons. The van der Waals surface area contributed by atoms with Crippen molar-refractivity contribution in [2.45, 2.75) is 32.2 Å². The third kappa shape index (κ3) is 1.95. The number of fused-ring (bicyclic) bond motifs is 1. The average molecular weight is 237 g/mol. The van der Waals surface area contributed by atoms with E-state index in [1.807, 2.05) is 6.92 Å². The summed E-state index contributed by atoms with van der Waals surface area (Å²) in [5, 5.41) is 0. The van der Waals surface area contributed by atoms with Gasteiger partial charge in [-0.05, 0) is 54.0 Å². The van der Waals surface area contributed by atoms with Crippen molar-refractivity contribution >= 4 is 0 Å². The summed E-state index contributed by atoms with van der Waals surface area (Å²) in [5.74, 6) is 0. The molecule has 0 saturated carbocycles. The predicted octanol–water partition coefficient (Wildman–Crippen LogP) is 3.86. The van der Waals surface area contributed by atoms with Crippen LogP contribution in [-0.2, 0) is 12.8 Å². The van der Waals surface area contributed by atoms with E-state index in [-0.39, 0.29) is 6.04 Å². The molecule has 2 N–H and O–H groups in total. The molecule has 2 aromatic rings. The Hall–Kier alpha value is -1.60. The summed E-state index contributed by atoms with van der Waals surface area (Å²) < 4.78 is 0. The number of hydrogen-bond acceptors (Lipinski definition) is 1. The first-order chi connectivity index (χ1) is 8.75. The summed E-state index contributed by atoms with van der Waals surface area (Å²) in [6, 6.07) is 15.4. The molecule has 0 radical (unpaired) electrons. The molecule has 1 unspecified atom stereocenters. The molecule has 2 aromatic carbocycles. The van der Waals surface area contributed by atoms with Crippen LogP contribution in [0.5, 0.6) is 0 Å². The lowest BCUT2D eigenvalue weighted by molar-refractivity contribution is 0.820. The van der Waals surface area contributed by atoms with E-state index in [0.717, 1.165) is 0 Å². The van der Waals surface area contributed by atoms with E-state index in [1.54, 1.807) is 0 Å². The first-order valence-corrected chi connectivity index (χ1v) is 6.72. The van der Waals surface area contributed by atoms with Crippen molar-refractivity contribution in [1.29, 1.82) is 0 Å². The summed E-state index contributed by atoms with van der Waals surface area (Å²) in [7, 11) is 0. The Morgan fingerprint density at radius 2 is 1.78 bits per heavy atom. The zero-order valence-corrected chi connectivity index (χ0v) is 10.8. The Morgan fingerprint density at radius 1 is 1.00 bits per heavy atom. The van der Waals surface area contributed by atoms with Crippen molar-refractivity contribution in [3.63, 3.8) is 0 Å². The lowest BCUT2D eigenvalue weighted by atomic mass is 9.94. The Morgan fingerprint density at radius 3 is 2.61 bits per heavy atom. The van der Waals surface area contributed by atoms with Crippen LogP contribution in [0.4, 0.5) is 0 Å². The van der Waals surface area contributed by atoms with Gasteiger partial charge in [0.1, 0.15) is 0 Å². The zero-order valence-electron chi connectivity index (χ0n) is 10.8. The highest BCUT2D eigenvalue weighted by Crippen LogP contribution is 2.31. The molecule has 0 spiro atoms. The van der Waals surface area contributed by atoms with Gasteiger partial charge in [-0.15, -0.1) is 0 Å². The van der Waals surface area contributed by atoms with Crippen LogP contribution in [0.1, 0.15) is 36.1 Å². The standard InChI is InChI=1S/C17H19N/c1-12(18)16-7-2-3-8-17(16)15-10-9-13-5-4-6-14(13)11-15/h2-3,7-12H,4-6,18H2,1H3. The smallest absolute Gasteiger partial charge is 0.0272 e. The van der Waals surface area contributed by atoms with Crippen LogP contribution in [-0.4, -0.2) is 0 Å². The number of hydrogen-bond donors (Lipinski definition) is 1. The van der Waals surface area contributed by atoms with Gasteiger partial charge in [0.25, 0.3) is 0 Å². The van der Waals surface area contributed by atoms with Crippen LogP contribution in [0.15, 0.2) is 42.5 Å². The summed E-state index contributed by atoms with van der Waals surface area (Å²) in [4.78, 5) is 0. The van der Waals surface area contributed by atoms with Crippen LogP contribution in [0.2, 0.25) is 0 Å². The monoisotopic (exact) mass is 237 g/mol. The van der Waals surface area contributed by atoms with Gasteiger partial charge in [-0.25, -0.2) is 0 Å². The summed E-state index contributed by atoms with van der Waals surface area (Å²) in [5.41, 5.74) is 12.9. The van der Waals surface area contributed by atoms with Gasteiger partial charge >= 0.3 is 0 Å². The SMILES string of the molecule is CC(N)c1ccccc1-c1ccc2c(c1)CCC2. The quantitative estimate of drug-likeness (QED) is 0.843. The molecule has 1 nitrogen and oxygen atoms in total. The third-order valence-corrected chi connectivity index (χ3v) is 3.86. The number of rotatable bonds is 2. The molecule has 0 amide bonds. The maximum absolute atomic E-state index is 6.06. The van der Waals surface area contributed by atoms with Gasteiger partial charge < -0.3 is 5.73 Å². The fraction of sp³-hybridized carbons (Fsp3) is 0.294. The highest BCUT2D eigenvalue weighted by Gasteiger charge is 2.13. The molecule has 0 fully saturated rings. The molecule has 0 bridgehead atoms. The predicted molar refractivity (Wildman–Crippen MR) is 76.5 cm³/mol. The van der Waals surface area contributed by atoms with E-state index in [4.69, 9.17) is 5.73 Å². The zero-order chi connectivity index (χ0) is 12.5. The summed E-state index contributed by atoms with van der Waals surface area (Å²) >= 11 is 0. The van der Waals surface area contributed by atoms with Gasteiger partial charge in [0.2, 0.25) is 0 Å². The Balaban J connectivity index is 2.10. The van der Waals surface area contributed by atoms with Gasteiger partial charge in [0.05, 0.1) is 0 Å². The first-order valence-electron chi connectivity index (χ1n) is 6.72. The molecule has 1 heteroatoms. The highest BCUT2D eigenvalue weighted by atomic mass is 14.6. The van der Waals surface area contributed by atoms with Crippen LogP contribution in [0.3, 0.4) is 0 Å². The number of nitrogens with two attached hydrogens (primary N) is 1. The summed E-state index contributed by atoms with van der Waals surface area (Å²) in [6.45, 7) is 2.05. The fourth-order valence-corrected chi connectivity index (χ4v) is 2.90. The molecule has 0 aliphatic heterocycles. The van der Waals surface area contributed by atoms with Crippen molar-refractivity contribution < 1.29 is 0 Å². The van der Waals surface area contributed by atoms with E-state index in [1.165, 1.54) is 47.1 Å². The first kappa shape index (κ1) is 11.5. The van der Waals surface area contributed by atoms with E-state index < -0.39 is 0 Å². The van der Waals surface area contributed by atoms with Crippen molar-refractivity contribution in [2.75, 3.05) is 0 Å². The second-order valence-corrected chi connectivity index (χ2v) is 5.21. The number of benzene rings is 2. The van der Waals surface area contributed by atoms with Crippen LogP contribution in [0.25, 0.3) is 11.1 Å². The van der Waals surface area contributed by atoms with Crippen LogP contribution < -0.4 is 5.73 Å². The molecule has 0 saturated heterocycles. The molecular formula is C17H19N. The molecule has 1 atom stereocenters. The maximum atomic E-state index is 6.06. The fourth-order valence-electron chi connectivity index (χ4n) is 2.90. The second-order valence-electron chi connectivity index (χ2n) is 5.21. The topological polar surface area (TPSA) is 26.0 Å². The van der Waals surface area contributed by atoms with Crippen molar-refractivity contribution in [3.8, 4) is 11.1 Å². The Kier molecular flexibility index (Phi) is 2.92. The van der Waals surface area contributed by atoms with E-state index in [9.17, 15) is 0 Å². The molecule has 0 heterocycles. The molecule has 0 aromatic heterocycles. The normalized spacial score (nSPS) is 15.4.